The SMILES string of the molecule is Clc1ccccc1OCCCNCc1ccccc1. The average molecular weight is 276 g/mol. The molecular weight excluding hydrogens is 258 g/mol. The molecule has 0 aliphatic heterocycles. The molecule has 0 aromatic heterocycles. The predicted octanol–water partition coefficient (Wildman–Crippen LogP) is 3.90. The first-order valence-electron chi connectivity index (χ1n) is 6.48. The summed E-state index contributed by atoms with van der Waals surface area (Å²) in [4.78, 5) is 0. The number of ether oxygens (including phenoxy) is 1. The van der Waals surface area contributed by atoms with E-state index in [1.165, 1.54) is 5.56 Å². The first-order chi connectivity index (χ1) is 9.36. The van der Waals surface area contributed by atoms with Gasteiger partial charge in [0.15, 0.2) is 0 Å². The van der Waals surface area contributed by atoms with Crippen LogP contribution in [-0.2, 0) is 6.54 Å². The quantitative estimate of drug-likeness (QED) is 0.774. The van der Waals surface area contributed by atoms with E-state index in [2.05, 4.69) is 29.6 Å². The molecule has 0 bridgehead atoms. The minimum Gasteiger partial charge on any atom is -0.492 e. The van der Waals surface area contributed by atoms with Gasteiger partial charge in [-0.25, -0.2) is 0 Å². The fourth-order valence-corrected chi connectivity index (χ4v) is 1.96. The Morgan fingerprint density at radius 2 is 1.68 bits per heavy atom. The Morgan fingerprint density at radius 3 is 2.47 bits per heavy atom. The number of hydrogen-bond acceptors (Lipinski definition) is 2. The monoisotopic (exact) mass is 275 g/mol. The van der Waals surface area contributed by atoms with Crippen molar-refractivity contribution in [2.75, 3.05) is 13.2 Å². The highest BCUT2D eigenvalue weighted by Gasteiger charge is 1.98. The van der Waals surface area contributed by atoms with Crippen LogP contribution in [0.15, 0.2) is 54.6 Å². The third kappa shape index (κ3) is 4.93. The molecule has 0 saturated heterocycles. The summed E-state index contributed by atoms with van der Waals surface area (Å²) in [6.45, 7) is 2.50. The number of halogens is 1. The molecule has 2 aromatic rings. The zero-order chi connectivity index (χ0) is 13.3. The molecule has 3 heteroatoms. The van der Waals surface area contributed by atoms with Gasteiger partial charge in [-0.1, -0.05) is 54.1 Å². The first kappa shape index (κ1) is 13.9. The lowest BCUT2D eigenvalue weighted by atomic mass is 10.2. The van der Waals surface area contributed by atoms with Gasteiger partial charge in [0.25, 0.3) is 0 Å². The molecule has 0 saturated carbocycles. The van der Waals surface area contributed by atoms with Gasteiger partial charge in [0, 0.05) is 6.54 Å². The van der Waals surface area contributed by atoms with E-state index >= 15 is 0 Å². The molecule has 0 aliphatic rings. The Balaban J connectivity index is 1.59. The van der Waals surface area contributed by atoms with Gasteiger partial charge in [0.05, 0.1) is 11.6 Å². The van der Waals surface area contributed by atoms with Crippen molar-refractivity contribution < 1.29 is 4.74 Å². The third-order valence-corrected chi connectivity index (χ3v) is 3.08. The molecule has 0 amide bonds. The topological polar surface area (TPSA) is 21.3 Å². The van der Waals surface area contributed by atoms with Gasteiger partial charge in [-0.3, -0.25) is 0 Å². The summed E-state index contributed by atoms with van der Waals surface area (Å²) in [6.07, 6.45) is 0.956. The van der Waals surface area contributed by atoms with E-state index in [4.69, 9.17) is 16.3 Å². The summed E-state index contributed by atoms with van der Waals surface area (Å²) in [5.41, 5.74) is 1.30. The summed E-state index contributed by atoms with van der Waals surface area (Å²) >= 11 is 6.00. The largest absolute Gasteiger partial charge is 0.492 e. The smallest absolute Gasteiger partial charge is 0.137 e. The molecule has 0 fully saturated rings. The lowest BCUT2D eigenvalue weighted by molar-refractivity contribution is 0.308. The molecule has 0 radical (unpaired) electrons. The van der Waals surface area contributed by atoms with Gasteiger partial charge in [0.1, 0.15) is 5.75 Å². The van der Waals surface area contributed by atoms with Gasteiger partial charge in [-0.15, -0.1) is 0 Å². The summed E-state index contributed by atoms with van der Waals surface area (Å²) in [5, 5.41) is 4.06. The van der Waals surface area contributed by atoms with Crippen molar-refractivity contribution in [3.63, 3.8) is 0 Å². The second kappa shape index (κ2) is 7.82. The molecule has 2 aromatic carbocycles. The van der Waals surface area contributed by atoms with Crippen LogP contribution in [0, 0.1) is 0 Å². The summed E-state index contributed by atoms with van der Waals surface area (Å²) < 4.78 is 5.62. The lowest BCUT2D eigenvalue weighted by Crippen LogP contribution is -2.16. The zero-order valence-electron chi connectivity index (χ0n) is 10.8. The maximum absolute atomic E-state index is 6.00. The van der Waals surface area contributed by atoms with Crippen LogP contribution in [0.25, 0.3) is 0 Å². The number of nitrogens with one attached hydrogen (secondary N) is 1. The molecule has 0 atom stereocenters. The van der Waals surface area contributed by atoms with Gasteiger partial charge < -0.3 is 10.1 Å². The predicted molar refractivity (Wildman–Crippen MR) is 79.7 cm³/mol. The fraction of sp³-hybridized carbons (Fsp3) is 0.250. The molecule has 100 valence electrons. The van der Waals surface area contributed by atoms with Crippen molar-refractivity contribution in [3.05, 3.63) is 65.2 Å². The zero-order valence-corrected chi connectivity index (χ0v) is 11.6. The molecular formula is C16H18ClNO. The Kier molecular flexibility index (Phi) is 5.73. The van der Waals surface area contributed by atoms with Crippen molar-refractivity contribution in [1.29, 1.82) is 0 Å². The van der Waals surface area contributed by atoms with E-state index in [0.29, 0.717) is 11.6 Å². The molecule has 19 heavy (non-hydrogen) atoms. The maximum Gasteiger partial charge on any atom is 0.137 e. The lowest BCUT2D eigenvalue weighted by Gasteiger charge is -2.08. The van der Waals surface area contributed by atoms with Crippen molar-refractivity contribution in [2.24, 2.45) is 0 Å². The highest BCUT2D eigenvalue weighted by molar-refractivity contribution is 6.32. The number of rotatable bonds is 7. The van der Waals surface area contributed by atoms with Crippen LogP contribution in [0.1, 0.15) is 12.0 Å². The molecule has 1 N–H and O–H groups in total. The molecule has 0 unspecified atom stereocenters. The Labute approximate surface area is 119 Å². The molecule has 2 rings (SSSR count). The molecule has 0 heterocycles. The molecule has 0 spiro atoms. The highest BCUT2D eigenvalue weighted by atomic mass is 35.5. The second-order valence-corrected chi connectivity index (χ2v) is 4.70. The minimum absolute atomic E-state index is 0.666. The van der Waals surface area contributed by atoms with Crippen molar-refractivity contribution in [1.82, 2.24) is 5.32 Å². The van der Waals surface area contributed by atoms with E-state index in [1.54, 1.807) is 0 Å². The highest BCUT2D eigenvalue weighted by Crippen LogP contribution is 2.22. The second-order valence-electron chi connectivity index (χ2n) is 4.29. The first-order valence-corrected chi connectivity index (χ1v) is 6.86. The van der Waals surface area contributed by atoms with Gasteiger partial charge in [-0.05, 0) is 30.7 Å². The number of benzene rings is 2. The van der Waals surface area contributed by atoms with Crippen LogP contribution in [0.5, 0.6) is 5.75 Å². The van der Waals surface area contributed by atoms with E-state index in [1.807, 2.05) is 30.3 Å². The van der Waals surface area contributed by atoms with Crippen LogP contribution >= 0.6 is 11.6 Å². The van der Waals surface area contributed by atoms with Gasteiger partial charge in [0.2, 0.25) is 0 Å². The summed E-state index contributed by atoms with van der Waals surface area (Å²) in [6, 6.07) is 17.9. The minimum atomic E-state index is 0.666. The Morgan fingerprint density at radius 1 is 0.947 bits per heavy atom. The van der Waals surface area contributed by atoms with Crippen LogP contribution in [-0.4, -0.2) is 13.2 Å². The van der Waals surface area contributed by atoms with Gasteiger partial charge in [-0.2, -0.15) is 0 Å². The third-order valence-electron chi connectivity index (χ3n) is 2.76. The average Bonchev–Trinajstić information content (AvgIpc) is 2.45. The van der Waals surface area contributed by atoms with E-state index in [9.17, 15) is 0 Å². The van der Waals surface area contributed by atoms with E-state index in [-0.39, 0.29) is 0 Å². The van der Waals surface area contributed by atoms with Crippen molar-refractivity contribution in [3.8, 4) is 5.75 Å². The van der Waals surface area contributed by atoms with Crippen molar-refractivity contribution >= 4 is 11.6 Å². The molecule has 2 nitrogen and oxygen atoms in total. The summed E-state index contributed by atoms with van der Waals surface area (Å²) in [5.74, 6) is 0.757. The summed E-state index contributed by atoms with van der Waals surface area (Å²) in [7, 11) is 0. The van der Waals surface area contributed by atoms with E-state index in [0.717, 1.165) is 25.3 Å². The van der Waals surface area contributed by atoms with Crippen LogP contribution < -0.4 is 10.1 Å². The number of para-hydroxylation sites is 1. The van der Waals surface area contributed by atoms with Crippen LogP contribution in [0.2, 0.25) is 5.02 Å². The van der Waals surface area contributed by atoms with Crippen LogP contribution in [0.3, 0.4) is 0 Å². The standard InChI is InChI=1S/C16H18ClNO/c17-15-9-4-5-10-16(15)19-12-6-11-18-13-14-7-2-1-3-8-14/h1-5,7-10,18H,6,11-13H2. The normalized spacial score (nSPS) is 10.4. The fourth-order valence-electron chi connectivity index (χ4n) is 1.77. The van der Waals surface area contributed by atoms with Gasteiger partial charge >= 0.3 is 0 Å². The maximum atomic E-state index is 6.00. The van der Waals surface area contributed by atoms with E-state index < -0.39 is 0 Å². The Bertz CT molecular complexity index is 487. The molecule has 0 aliphatic carbocycles. The number of hydrogen-bond donors (Lipinski definition) is 1. The van der Waals surface area contributed by atoms with Crippen LogP contribution in [0.4, 0.5) is 0 Å². The van der Waals surface area contributed by atoms with Crippen molar-refractivity contribution in [2.45, 2.75) is 13.0 Å². The Hall–Kier alpha value is -1.51.